The molecule has 0 fully saturated rings. The second-order valence-corrected chi connectivity index (χ2v) is 7.69. The molecule has 0 unspecified atom stereocenters. The van der Waals surface area contributed by atoms with Crippen LogP contribution in [0.2, 0.25) is 0 Å². The van der Waals surface area contributed by atoms with Gasteiger partial charge in [0.2, 0.25) is 0 Å². The number of aliphatic imine (C=N–C) groups is 1. The quantitative estimate of drug-likeness (QED) is 0.362. The highest BCUT2D eigenvalue weighted by atomic mass is 16.2. The van der Waals surface area contributed by atoms with Crippen molar-refractivity contribution in [2.24, 2.45) is 4.99 Å². The number of amides is 1. The van der Waals surface area contributed by atoms with E-state index in [0.717, 1.165) is 22.6 Å². The zero-order chi connectivity index (χ0) is 22.3. The Kier molecular flexibility index (Phi) is 6.54. The number of carbonyl (C=O) groups is 1. The van der Waals surface area contributed by atoms with E-state index in [1.807, 2.05) is 115 Å². The number of nitrogens with zero attached hydrogens (tertiary/aromatic N) is 2. The van der Waals surface area contributed by atoms with Crippen molar-refractivity contribution in [2.75, 3.05) is 19.0 Å². The molecular weight excluding hydrogens is 394 g/mol. The first-order valence-electron chi connectivity index (χ1n) is 10.6. The molecule has 4 aromatic carbocycles. The molecule has 32 heavy (non-hydrogen) atoms. The molecule has 4 nitrogen and oxygen atoms in total. The van der Waals surface area contributed by atoms with E-state index in [1.165, 1.54) is 4.90 Å². The maximum absolute atomic E-state index is 13.9. The monoisotopic (exact) mass is 420 g/mol. The molecule has 4 rings (SSSR count). The molecule has 0 bridgehead atoms. The molecule has 0 aliphatic rings. The molecule has 1 N–H and O–H groups in total. The fraction of sp³-hybridized carbons (Fsp3) is 0.0714. The summed E-state index contributed by atoms with van der Waals surface area (Å²) >= 11 is 0. The highest BCUT2D eigenvalue weighted by Gasteiger charge is 2.25. The lowest BCUT2D eigenvalue weighted by Gasteiger charge is -2.25. The predicted molar refractivity (Wildman–Crippen MR) is 131 cm³/mol. The normalized spacial score (nSPS) is 11.4. The average Bonchev–Trinajstić information content (AvgIpc) is 2.85. The van der Waals surface area contributed by atoms with Crippen molar-refractivity contribution in [3.8, 4) is 0 Å². The first kappa shape index (κ1) is 21.2. The Bertz CT molecular complexity index is 1190. The van der Waals surface area contributed by atoms with Gasteiger partial charge in [-0.05, 0) is 48.5 Å². The second-order valence-electron chi connectivity index (χ2n) is 7.69. The van der Waals surface area contributed by atoms with Gasteiger partial charge in [0.15, 0.2) is 0 Å². The van der Waals surface area contributed by atoms with Crippen LogP contribution in [0.4, 0.5) is 17.1 Å². The van der Waals surface area contributed by atoms with Crippen molar-refractivity contribution in [1.29, 1.82) is 0 Å². The summed E-state index contributed by atoms with van der Waals surface area (Å²) in [6.07, 6.45) is 0. The highest BCUT2D eigenvalue weighted by molar-refractivity contribution is 6.28. The smallest absolute Gasteiger partial charge is 0.264 e. The van der Waals surface area contributed by atoms with Crippen LogP contribution >= 0.6 is 0 Å². The maximum Gasteiger partial charge on any atom is 0.264 e. The van der Waals surface area contributed by atoms with Crippen molar-refractivity contribution in [2.45, 2.75) is 0 Å². The standard InChI is InChI=1S/C28H25N3O/c1-30(2)25-20-18-23(19-21-25)28(32)31(26-16-10-5-11-17-26)27(22-12-6-3-7-13-22)29-24-14-8-4-9-15-24/h3-21H,1-2H3/p+1. The predicted octanol–water partition coefficient (Wildman–Crippen LogP) is 4.89. The second kappa shape index (κ2) is 9.86. The van der Waals surface area contributed by atoms with E-state index in [9.17, 15) is 4.79 Å². The van der Waals surface area contributed by atoms with Crippen LogP contribution in [0.1, 0.15) is 15.9 Å². The molecule has 4 aromatic rings. The lowest BCUT2D eigenvalue weighted by molar-refractivity contribution is -0.786. The van der Waals surface area contributed by atoms with Crippen LogP contribution in [0.25, 0.3) is 0 Å². The third-order valence-electron chi connectivity index (χ3n) is 5.16. The summed E-state index contributed by atoms with van der Waals surface area (Å²) in [5.74, 6) is 0.449. The van der Waals surface area contributed by atoms with E-state index < -0.39 is 0 Å². The number of nitrogens with one attached hydrogen (secondary N) is 1. The Labute approximate surface area is 189 Å². The van der Waals surface area contributed by atoms with Crippen LogP contribution in [0, 0.1) is 0 Å². The van der Waals surface area contributed by atoms with Gasteiger partial charge in [0.25, 0.3) is 5.91 Å². The third-order valence-corrected chi connectivity index (χ3v) is 5.16. The number of benzene rings is 4. The summed E-state index contributed by atoms with van der Waals surface area (Å²) in [5, 5.41) is 0. The minimum atomic E-state index is -0.130. The third kappa shape index (κ3) is 4.82. The molecule has 0 spiro atoms. The van der Waals surface area contributed by atoms with E-state index in [-0.39, 0.29) is 5.91 Å². The number of hydrogen-bond donors (Lipinski definition) is 1. The molecule has 4 heteroatoms. The molecule has 0 saturated carbocycles. The van der Waals surface area contributed by atoms with Gasteiger partial charge in [-0.2, -0.15) is 0 Å². The zero-order valence-electron chi connectivity index (χ0n) is 18.3. The topological polar surface area (TPSA) is 37.1 Å². The maximum atomic E-state index is 13.9. The Balaban J connectivity index is 1.87. The van der Waals surface area contributed by atoms with Gasteiger partial charge in [-0.25, -0.2) is 4.99 Å². The number of carbonyl (C=O) groups excluding carboxylic acids is 1. The molecular formula is C28H26N3O+. The van der Waals surface area contributed by atoms with Gasteiger partial charge in [0.1, 0.15) is 11.5 Å². The van der Waals surface area contributed by atoms with Crippen LogP contribution < -0.4 is 9.80 Å². The minimum absolute atomic E-state index is 0.130. The summed E-state index contributed by atoms with van der Waals surface area (Å²) in [7, 11) is 4.13. The number of hydrogen-bond acceptors (Lipinski definition) is 2. The Morgan fingerprint density at radius 2 is 1.19 bits per heavy atom. The fourth-order valence-electron chi connectivity index (χ4n) is 3.44. The number of para-hydroxylation sites is 2. The molecule has 0 radical (unpaired) electrons. The Morgan fingerprint density at radius 3 is 1.75 bits per heavy atom. The van der Waals surface area contributed by atoms with Crippen LogP contribution in [-0.2, 0) is 0 Å². The summed E-state index contributed by atoms with van der Waals surface area (Å²) < 4.78 is 0. The van der Waals surface area contributed by atoms with E-state index in [1.54, 1.807) is 4.90 Å². The number of amidine groups is 1. The number of anilines is 1. The van der Waals surface area contributed by atoms with Crippen molar-refractivity contribution < 1.29 is 9.69 Å². The number of quaternary nitrogens is 1. The Morgan fingerprint density at radius 1 is 0.656 bits per heavy atom. The molecule has 0 aliphatic carbocycles. The lowest BCUT2D eigenvalue weighted by atomic mass is 10.1. The molecule has 0 atom stereocenters. The summed E-state index contributed by atoms with van der Waals surface area (Å²) in [6, 6.07) is 36.9. The van der Waals surface area contributed by atoms with E-state index in [4.69, 9.17) is 4.99 Å². The first-order valence-corrected chi connectivity index (χ1v) is 10.6. The van der Waals surface area contributed by atoms with E-state index >= 15 is 0 Å². The Hall–Kier alpha value is -4.02. The highest BCUT2D eigenvalue weighted by Crippen LogP contribution is 2.24. The SMILES string of the molecule is C[NH+](C)c1ccc(C(=O)N(C(=Nc2ccccc2)c2ccccc2)c2ccccc2)cc1. The molecule has 1 amide bonds. The van der Waals surface area contributed by atoms with Crippen molar-refractivity contribution >= 4 is 28.8 Å². The summed E-state index contributed by atoms with van der Waals surface area (Å²) in [6.45, 7) is 0. The minimum Gasteiger partial charge on any atom is -0.307 e. The first-order chi connectivity index (χ1) is 15.6. The molecule has 158 valence electrons. The van der Waals surface area contributed by atoms with Crippen molar-refractivity contribution in [3.05, 3.63) is 126 Å². The average molecular weight is 421 g/mol. The number of rotatable bonds is 5. The molecule has 0 aliphatic heterocycles. The summed E-state index contributed by atoms with van der Waals surface area (Å²) in [5.41, 5.74) is 4.14. The largest absolute Gasteiger partial charge is 0.307 e. The van der Waals surface area contributed by atoms with E-state index in [2.05, 4.69) is 14.1 Å². The summed E-state index contributed by atoms with van der Waals surface area (Å²) in [4.78, 5) is 21.7. The van der Waals surface area contributed by atoms with Gasteiger partial charge in [0.05, 0.1) is 25.5 Å². The lowest BCUT2D eigenvalue weighted by Crippen LogP contribution is -3.00. The van der Waals surface area contributed by atoms with Gasteiger partial charge in [-0.1, -0.05) is 66.7 Å². The van der Waals surface area contributed by atoms with Gasteiger partial charge in [-0.15, -0.1) is 0 Å². The van der Waals surface area contributed by atoms with Crippen LogP contribution in [0.3, 0.4) is 0 Å². The van der Waals surface area contributed by atoms with Crippen LogP contribution in [-0.4, -0.2) is 25.8 Å². The molecule has 0 aromatic heterocycles. The van der Waals surface area contributed by atoms with Gasteiger partial charge in [-0.3, -0.25) is 9.69 Å². The fourth-order valence-corrected chi connectivity index (χ4v) is 3.44. The van der Waals surface area contributed by atoms with Gasteiger partial charge in [0, 0.05) is 11.1 Å². The van der Waals surface area contributed by atoms with Crippen LogP contribution in [0.15, 0.2) is 120 Å². The van der Waals surface area contributed by atoms with Crippen LogP contribution in [0.5, 0.6) is 0 Å². The van der Waals surface area contributed by atoms with Gasteiger partial charge >= 0.3 is 0 Å². The van der Waals surface area contributed by atoms with Crippen molar-refractivity contribution in [3.63, 3.8) is 0 Å². The van der Waals surface area contributed by atoms with Gasteiger partial charge < -0.3 is 4.90 Å². The zero-order valence-corrected chi connectivity index (χ0v) is 18.3. The van der Waals surface area contributed by atoms with E-state index in [0.29, 0.717) is 11.4 Å². The molecule has 0 saturated heterocycles. The van der Waals surface area contributed by atoms with Crippen molar-refractivity contribution in [1.82, 2.24) is 0 Å². The molecule has 0 heterocycles.